The van der Waals surface area contributed by atoms with Crippen LogP contribution in [0.3, 0.4) is 0 Å². The molecule has 0 unspecified atom stereocenters. The molecule has 1 radical (unpaired) electrons. The SMILES string of the molecule is [C-]#N.[CH3-].[CH3-].[Cu].[H-].[Li+]. The van der Waals surface area contributed by atoms with Crippen LogP contribution in [0.2, 0.25) is 0 Å². The Morgan fingerprint density at radius 1 is 1.17 bits per heavy atom. The molecule has 3 heteroatoms. The third kappa shape index (κ3) is 163. The van der Waals surface area contributed by atoms with E-state index in [1.807, 2.05) is 0 Å². The van der Waals surface area contributed by atoms with Gasteiger partial charge in [0.2, 0.25) is 0 Å². The fourth-order valence-electron chi connectivity index (χ4n) is 0. The molecule has 0 aromatic rings. The van der Waals surface area contributed by atoms with Gasteiger partial charge in [-0.15, -0.1) is 0 Å². The van der Waals surface area contributed by atoms with Crippen LogP contribution in [-0.2, 0) is 17.1 Å². The summed E-state index contributed by atoms with van der Waals surface area (Å²) in [6, 6.07) is 0. The van der Waals surface area contributed by atoms with Gasteiger partial charge in [-0.2, -0.15) is 0 Å². The van der Waals surface area contributed by atoms with Gasteiger partial charge in [0.15, 0.2) is 0 Å². The van der Waals surface area contributed by atoms with Gasteiger partial charge in [-0.25, -0.2) is 0 Å². The second-order valence-electron chi connectivity index (χ2n) is 0. The first-order chi connectivity index (χ1) is 1.00. The van der Waals surface area contributed by atoms with Crippen LogP contribution in [0.5, 0.6) is 0 Å². The minimum atomic E-state index is 0. The van der Waals surface area contributed by atoms with Gasteiger partial charge in [0.25, 0.3) is 0 Å². The predicted molar refractivity (Wildman–Crippen MR) is 18.9 cm³/mol. The molecule has 0 aliphatic heterocycles. The largest absolute Gasteiger partial charge is 1.00 e. The normalized spacial score (nSPS) is 0.333. The van der Waals surface area contributed by atoms with Crippen LogP contribution in [0.1, 0.15) is 1.43 Å². The molecule has 0 amide bonds. The molecule has 0 atom stereocenters. The Balaban J connectivity index is -0.000000000500. The number of nitrogens with zero attached hydrogens (tertiary/aromatic N) is 1. The van der Waals surface area contributed by atoms with E-state index in [-0.39, 0.29) is 52.2 Å². The molecule has 0 aromatic heterocycles. The quantitative estimate of drug-likeness (QED) is 0.276. The van der Waals surface area contributed by atoms with Crippen LogP contribution in [0.4, 0.5) is 0 Å². The minimum absolute atomic E-state index is 0. The fourth-order valence-corrected chi connectivity index (χ4v) is 0. The Labute approximate surface area is 64.3 Å². The maximum atomic E-state index is 6.25. The summed E-state index contributed by atoms with van der Waals surface area (Å²) in [5, 5.41) is 6.25. The zero-order valence-corrected chi connectivity index (χ0v) is 5.19. The summed E-state index contributed by atoms with van der Waals surface area (Å²) >= 11 is 0. The Kier molecular flexibility index (Phi) is 4330. The molecule has 0 spiro atoms. The molecular weight excluding hydrogens is 121 g/mol. The summed E-state index contributed by atoms with van der Waals surface area (Å²) in [6.45, 7) is 4.75. The third-order valence-corrected chi connectivity index (χ3v) is 0. The zero-order chi connectivity index (χ0) is 2.00. The van der Waals surface area contributed by atoms with Crippen LogP contribution in [-0.4, -0.2) is 0 Å². The Morgan fingerprint density at radius 3 is 1.17 bits per heavy atom. The second kappa shape index (κ2) is 323. The maximum Gasteiger partial charge on any atom is 1.00 e. The van der Waals surface area contributed by atoms with Crippen LogP contribution in [0.15, 0.2) is 0 Å². The average molecular weight is 128 g/mol. The summed E-state index contributed by atoms with van der Waals surface area (Å²) < 4.78 is 0. The molecule has 0 saturated carbocycles. The van der Waals surface area contributed by atoms with E-state index in [1.165, 1.54) is 0 Å². The van der Waals surface area contributed by atoms with E-state index in [1.54, 1.807) is 0 Å². The van der Waals surface area contributed by atoms with Gasteiger partial charge in [-0.3, -0.25) is 0 Å². The molecule has 0 aliphatic carbocycles. The molecule has 1 nitrogen and oxygen atoms in total. The van der Waals surface area contributed by atoms with Crippen molar-refractivity contribution in [2.75, 3.05) is 0 Å². The minimum Gasteiger partial charge on any atom is -1.00 e. The molecule has 39 valence electrons. The zero-order valence-electron chi connectivity index (χ0n) is 5.25. The molecule has 0 fully saturated rings. The molecule has 0 heterocycles. The van der Waals surface area contributed by atoms with E-state index in [2.05, 4.69) is 0 Å². The predicted octanol–water partition coefficient (Wildman–Crippen LogP) is -1.89. The van der Waals surface area contributed by atoms with Crippen molar-refractivity contribution in [2.45, 2.75) is 0 Å². The summed E-state index contributed by atoms with van der Waals surface area (Å²) in [5.74, 6) is 0. The molecule has 0 saturated heterocycles. The van der Waals surface area contributed by atoms with Crippen molar-refractivity contribution in [2.24, 2.45) is 0 Å². The summed E-state index contributed by atoms with van der Waals surface area (Å²) in [5.41, 5.74) is 0. The monoisotopic (exact) mass is 127 g/mol. The maximum absolute atomic E-state index is 6.25. The van der Waals surface area contributed by atoms with E-state index < -0.39 is 0 Å². The molecular formula is C3H7CuLiN-3. The van der Waals surface area contributed by atoms with Gasteiger partial charge >= 0.3 is 18.9 Å². The van der Waals surface area contributed by atoms with Crippen LogP contribution in [0.25, 0.3) is 0 Å². The average Bonchev–Trinajstić information content (AvgIpc) is 1.00. The van der Waals surface area contributed by atoms with Crippen molar-refractivity contribution in [1.82, 2.24) is 0 Å². The van der Waals surface area contributed by atoms with Crippen molar-refractivity contribution in [3.8, 4) is 0 Å². The standard InChI is InChI=1S/CN.2CH3.Cu.Li.H/c1-2;;;;;/h;2*1H3;;;/q3*-1;;+1;-1. The molecule has 0 rings (SSSR count). The first kappa shape index (κ1) is 80.4. The van der Waals surface area contributed by atoms with E-state index in [4.69, 9.17) is 11.8 Å². The molecule has 0 bridgehead atoms. The van der Waals surface area contributed by atoms with Gasteiger partial charge in [-0.05, 0) is 0 Å². The van der Waals surface area contributed by atoms with Gasteiger partial charge in [0, 0.05) is 17.1 Å². The van der Waals surface area contributed by atoms with E-state index >= 15 is 0 Å². The van der Waals surface area contributed by atoms with Gasteiger partial charge in [-0.1, -0.05) is 0 Å². The topological polar surface area (TPSA) is 23.8 Å². The molecule has 0 N–H and O–H groups in total. The summed E-state index contributed by atoms with van der Waals surface area (Å²) in [6.07, 6.45) is 0. The third-order valence-electron chi connectivity index (χ3n) is 0. The van der Waals surface area contributed by atoms with Crippen molar-refractivity contribution in [1.29, 1.82) is 5.26 Å². The van der Waals surface area contributed by atoms with Gasteiger partial charge < -0.3 is 28.1 Å². The van der Waals surface area contributed by atoms with Crippen LogP contribution in [0, 0.1) is 26.7 Å². The summed E-state index contributed by atoms with van der Waals surface area (Å²) in [4.78, 5) is 0. The van der Waals surface area contributed by atoms with E-state index in [9.17, 15) is 0 Å². The second-order valence-corrected chi connectivity index (χ2v) is 0. The Hall–Kier alpha value is 0.607. The van der Waals surface area contributed by atoms with Crippen LogP contribution < -0.4 is 18.9 Å². The Morgan fingerprint density at radius 2 is 1.17 bits per heavy atom. The van der Waals surface area contributed by atoms with Crippen molar-refractivity contribution in [3.63, 3.8) is 0 Å². The smallest absolute Gasteiger partial charge is 1.00 e. The van der Waals surface area contributed by atoms with Gasteiger partial charge in [0.05, 0.1) is 0 Å². The van der Waals surface area contributed by atoms with Crippen LogP contribution >= 0.6 is 0 Å². The number of hydrogen-bond acceptors (Lipinski definition) is 1. The first-order valence-corrected chi connectivity index (χ1v) is 0.224. The molecule has 0 aromatic carbocycles. The molecule has 6 heavy (non-hydrogen) atoms. The number of hydrogen-bond donors (Lipinski definition) is 0. The van der Waals surface area contributed by atoms with E-state index in [0.29, 0.717) is 0 Å². The Bertz CT molecular complexity index is 19.7. The van der Waals surface area contributed by atoms with E-state index in [0.717, 1.165) is 0 Å². The van der Waals surface area contributed by atoms with Crippen molar-refractivity contribution in [3.05, 3.63) is 21.4 Å². The first-order valence-electron chi connectivity index (χ1n) is 0.224. The van der Waals surface area contributed by atoms with Crippen molar-refractivity contribution < 1.29 is 37.4 Å². The molecule has 0 aliphatic rings. The fraction of sp³-hybridized carbons (Fsp3) is 0. The van der Waals surface area contributed by atoms with Crippen molar-refractivity contribution >= 4 is 0 Å². The number of rotatable bonds is 0. The summed E-state index contributed by atoms with van der Waals surface area (Å²) in [7, 11) is 0. The van der Waals surface area contributed by atoms with Gasteiger partial charge in [0.1, 0.15) is 0 Å².